The zero-order valence-electron chi connectivity index (χ0n) is 12.5. The molecule has 0 N–H and O–H groups in total. The molecule has 0 bridgehead atoms. The van der Waals surface area contributed by atoms with Gasteiger partial charge in [-0.15, -0.1) is 0 Å². The predicted octanol–water partition coefficient (Wildman–Crippen LogP) is 0.582. The number of nitriles is 1. The van der Waals surface area contributed by atoms with Crippen LogP contribution in [0.4, 0.5) is 5.82 Å². The van der Waals surface area contributed by atoms with Gasteiger partial charge in [-0.25, -0.2) is 4.79 Å². The van der Waals surface area contributed by atoms with Crippen LogP contribution in [0.25, 0.3) is 0 Å². The summed E-state index contributed by atoms with van der Waals surface area (Å²) in [6.45, 7) is 1.68. The fraction of sp³-hybridized carbons (Fsp3) is 0.667. The summed E-state index contributed by atoms with van der Waals surface area (Å²) in [5.74, 6) is 1.77. The molecule has 1 aromatic rings. The highest BCUT2D eigenvalue weighted by atomic mass is 16.2. The third-order valence-electron chi connectivity index (χ3n) is 4.40. The first kappa shape index (κ1) is 13.9. The molecule has 0 radical (unpaired) electrons. The molecule has 2 fully saturated rings. The fourth-order valence-corrected chi connectivity index (χ4v) is 2.77. The molecule has 0 amide bonds. The largest absolute Gasteiger partial charge is 0.356 e. The van der Waals surface area contributed by atoms with Gasteiger partial charge in [0, 0.05) is 27.2 Å². The van der Waals surface area contributed by atoms with Crippen molar-refractivity contribution in [3.8, 4) is 6.07 Å². The van der Waals surface area contributed by atoms with Crippen LogP contribution < -0.4 is 16.1 Å². The van der Waals surface area contributed by atoms with Crippen LogP contribution in [0.2, 0.25) is 0 Å². The van der Waals surface area contributed by atoms with E-state index in [1.165, 1.54) is 37.3 Å². The summed E-state index contributed by atoms with van der Waals surface area (Å²) in [7, 11) is 3.06. The van der Waals surface area contributed by atoms with E-state index >= 15 is 0 Å². The molecule has 0 saturated heterocycles. The Labute approximate surface area is 123 Å². The lowest BCUT2D eigenvalue weighted by Gasteiger charge is -2.27. The molecule has 1 aromatic heterocycles. The van der Waals surface area contributed by atoms with Crippen molar-refractivity contribution in [2.45, 2.75) is 25.7 Å². The van der Waals surface area contributed by atoms with Crippen LogP contribution in [0.3, 0.4) is 0 Å². The zero-order valence-corrected chi connectivity index (χ0v) is 12.5. The molecule has 0 atom stereocenters. The fourth-order valence-electron chi connectivity index (χ4n) is 2.77. The van der Waals surface area contributed by atoms with Gasteiger partial charge in [0.05, 0.1) is 0 Å². The number of aromatic nitrogens is 2. The highest BCUT2D eigenvalue weighted by molar-refractivity contribution is 5.53. The quantitative estimate of drug-likeness (QED) is 0.794. The molecule has 0 aliphatic heterocycles. The first-order chi connectivity index (χ1) is 10.0. The van der Waals surface area contributed by atoms with Crippen LogP contribution in [0, 0.1) is 23.2 Å². The molecule has 2 aliphatic rings. The van der Waals surface area contributed by atoms with Crippen LogP contribution in [0.15, 0.2) is 9.59 Å². The number of nitrogens with zero attached hydrogens (tertiary/aromatic N) is 4. The topological polar surface area (TPSA) is 71.0 Å². The second-order valence-electron chi connectivity index (χ2n) is 6.31. The highest BCUT2D eigenvalue weighted by Gasteiger charge is 2.32. The van der Waals surface area contributed by atoms with Gasteiger partial charge in [0.2, 0.25) is 0 Å². The molecule has 2 aliphatic carbocycles. The molecule has 2 saturated carbocycles. The van der Waals surface area contributed by atoms with Crippen LogP contribution in [-0.4, -0.2) is 22.2 Å². The number of hydrogen-bond acceptors (Lipinski definition) is 4. The van der Waals surface area contributed by atoms with E-state index in [2.05, 4.69) is 4.90 Å². The van der Waals surface area contributed by atoms with Crippen LogP contribution in [0.1, 0.15) is 31.2 Å². The summed E-state index contributed by atoms with van der Waals surface area (Å²) in [5.41, 5.74) is -0.779. The van der Waals surface area contributed by atoms with Crippen molar-refractivity contribution >= 4 is 5.82 Å². The second kappa shape index (κ2) is 5.06. The van der Waals surface area contributed by atoms with Crippen molar-refractivity contribution in [3.05, 3.63) is 26.4 Å². The summed E-state index contributed by atoms with van der Waals surface area (Å²) in [5, 5.41) is 9.38. The van der Waals surface area contributed by atoms with Gasteiger partial charge in [0.25, 0.3) is 5.56 Å². The Morgan fingerprint density at radius 2 is 1.62 bits per heavy atom. The smallest absolute Gasteiger partial charge is 0.332 e. The maximum Gasteiger partial charge on any atom is 0.332 e. The van der Waals surface area contributed by atoms with Gasteiger partial charge < -0.3 is 4.90 Å². The normalized spacial score (nSPS) is 17.6. The minimum absolute atomic E-state index is 0.0842. The average Bonchev–Trinajstić information content (AvgIpc) is 3.35. The average molecular weight is 288 g/mol. The van der Waals surface area contributed by atoms with Gasteiger partial charge in [-0.05, 0) is 37.5 Å². The van der Waals surface area contributed by atoms with Crippen molar-refractivity contribution < 1.29 is 0 Å². The minimum atomic E-state index is -0.493. The van der Waals surface area contributed by atoms with Gasteiger partial charge in [0.1, 0.15) is 11.9 Å². The molecule has 6 heteroatoms. The van der Waals surface area contributed by atoms with E-state index in [1.54, 1.807) is 7.05 Å². The van der Waals surface area contributed by atoms with Gasteiger partial charge in [-0.2, -0.15) is 5.26 Å². The van der Waals surface area contributed by atoms with Crippen LogP contribution in [-0.2, 0) is 14.1 Å². The first-order valence-corrected chi connectivity index (χ1v) is 7.48. The van der Waals surface area contributed by atoms with Gasteiger partial charge in [-0.3, -0.25) is 13.9 Å². The third kappa shape index (κ3) is 2.60. The van der Waals surface area contributed by atoms with Gasteiger partial charge in [-0.1, -0.05) is 0 Å². The maximum atomic E-state index is 12.2. The molecular weight excluding hydrogens is 268 g/mol. The predicted molar refractivity (Wildman–Crippen MR) is 79.3 cm³/mol. The molecule has 1 heterocycles. The Morgan fingerprint density at radius 1 is 1.10 bits per heavy atom. The van der Waals surface area contributed by atoms with E-state index in [9.17, 15) is 14.9 Å². The molecule has 0 spiro atoms. The zero-order chi connectivity index (χ0) is 15.1. The Bertz CT molecular complexity index is 703. The maximum absolute atomic E-state index is 12.2. The van der Waals surface area contributed by atoms with E-state index in [0.717, 1.165) is 17.7 Å². The van der Waals surface area contributed by atoms with E-state index in [-0.39, 0.29) is 11.3 Å². The lowest BCUT2D eigenvalue weighted by Crippen LogP contribution is -2.43. The van der Waals surface area contributed by atoms with Crippen molar-refractivity contribution in [2.75, 3.05) is 18.0 Å². The SMILES string of the molecule is Cn1c(N(CC2CC2)CC2CC2)c(C#N)c(=O)n(C)c1=O. The lowest BCUT2D eigenvalue weighted by atomic mass is 10.2. The van der Waals surface area contributed by atoms with E-state index in [4.69, 9.17) is 0 Å². The Balaban J connectivity index is 2.10. The standard InChI is InChI=1S/C15H20N4O2/c1-17-13(12(7-16)14(20)18(2)15(17)21)19(8-10-3-4-10)9-11-5-6-11/h10-11H,3-6,8-9H2,1-2H3. The Hall–Kier alpha value is -2.03. The summed E-state index contributed by atoms with van der Waals surface area (Å²) in [6.07, 6.45) is 4.79. The lowest BCUT2D eigenvalue weighted by molar-refractivity contribution is 0.618. The van der Waals surface area contributed by atoms with Crippen LogP contribution in [0.5, 0.6) is 0 Å². The van der Waals surface area contributed by atoms with Gasteiger partial charge >= 0.3 is 5.69 Å². The molecule has 21 heavy (non-hydrogen) atoms. The van der Waals surface area contributed by atoms with Crippen LogP contribution >= 0.6 is 0 Å². The summed E-state index contributed by atoms with van der Waals surface area (Å²) in [6, 6.07) is 2.01. The number of hydrogen-bond donors (Lipinski definition) is 0. The minimum Gasteiger partial charge on any atom is -0.356 e. The summed E-state index contributed by atoms with van der Waals surface area (Å²) in [4.78, 5) is 26.5. The van der Waals surface area contributed by atoms with Crippen molar-refractivity contribution in [1.82, 2.24) is 9.13 Å². The molecular formula is C15H20N4O2. The van der Waals surface area contributed by atoms with E-state index in [0.29, 0.717) is 17.7 Å². The molecule has 0 aromatic carbocycles. The monoisotopic (exact) mass is 288 g/mol. The first-order valence-electron chi connectivity index (χ1n) is 7.48. The molecule has 3 rings (SSSR count). The van der Waals surface area contributed by atoms with Crippen molar-refractivity contribution in [3.63, 3.8) is 0 Å². The van der Waals surface area contributed by atoms with Crippen molar-refractivity contribution in [2.24, 2.45) is 25.9 Å². The summed E-state index contributed by atoms with van der Waals surface area (Å²) < 4.78 is 2.46. The molecule has 6 nitrogen and oxygen atoms in total. The summed E-state index contributed by atoms with van der Waals surface area (Å²) >= 11 is 0. The van der Waals surface area contributed by atoms with E-state index in [1.807, 2.05) is 6.07 Å². The Kier molecular flexibility index (Phi) is 3.36. The van der Waals surface area contributed by atoms with Crippen molar-refractivity contribution in [1.29, 1.82) is 5.26 Å². The molecule has 112 valence electrons. The Morgan fingerprint density at radius 3 is 2.05 bits per heavy atom. The van der Waals surface area contributed by atoms with Gasteiger partial charge in [0.15, 0.2) is 5.56 Å². The number of anilines is 1. The third-order valence-corrected chi connectivity index (χ3v) is 4.40. The van der Waals surface area contributed by atoms with E-state index < -0.39 is 5.56 Å². The highest BCUT2D eigenvalue weighted by Crippen LogP contribution is 2.35. The molecule has 0 unspecified atom stereocenters. The second-order valence-corrected chi connectivity index (χ2v) is 6.31. The number of rotatable bonds is 5.